The first kappa shape index (κ1) is 16.9. The van der Waals surface area contributed by atoms with Crippen LogP contribution in [0, 0.1) is 6.92 Å². The molecule has 0 aliphatic heterocycles. The topological polar surface area (TPSA) is 77.1 Å². The number of amides is 1. The number of hydrogen-bond acceptors (Lipinski definition) is 3. The lowest BCUT2D eigenvalue weighted by molar-refractivity contribution is -0.116. The molecule has 23 heavy (non-hydrogen) atoms. The number of thiocarbonyl (C=S) groups is 1. The number of hydrogen-bond donors (Lipinski definition) is 2. The molecule has 0 bridgehead atoms. The largest absolute Gasteiger partial charge is 0.389 e. The number of aryl methyl sites for hydroxylation is 1. The molecule has 0 radical (unpaired) electrons. The van der Waals surface area contributed by atoms with Crippen molar-refractivity contribution in [3.8, 4) is 0 Å². The van der Waals surface area contributed by atoms with Crippen molar-refractivity contribution < 1.29 is 4.79 Å². The van der Waals surface area contributed by atoms with Crippen molar-refractivity contribution in [2.75, 3.05) is 5.32 Å². The predicted molar refractivity (Wildman–Crippen MR) is 95.6 cm³/mol. The molecule has 1 aromatic heterocycles. The van der Waals surface area contributed by atoms with Crippen LogP contribution in [-0.4, -0.2) is 15.5 Å². The van der Waals surface area contributed by atoms with Crippen molar-refractivity contribution >= 4 is 28.8 Å². The number of pyridine rings is 1. The van der Waals surface area contributed by atoms with E-state index in [4.69, 9.17) is 18.0 Å². The first-order valence-corrected chi connectivity index (χ1v) is 7.74. The van der Waals surface area contributed by atoms with Gasteiger partial charge in [-0.2, -0.15) is 0 Å². The van der Waals surface area contributed by atoms with Crippen LogP contribution in [0.5, 0.6) is 0 Å². The normalized spacial score (nSPS) is 10.3. The van der Waals surface area contributed by atoms with Gasteiger partial charge in [-0.1, -0.05) is 18.3 Å². The molecule has 1 heterocycles. The lowest BCUT2D eigenvalue weighted by Crippen LogP contribution is -2.22. The minimum atomic E-state index is -0.0882. The SMILES string of the molecule is Cc1cccc(=O)n1CCCC(=O)Nc1ccc(C(N)=S)cc1. The maximum absolute atomic E-state index is 11.9. The molecule has 0 aliphatic carbocycles. The van der Waals surface area contributed by atoms with Crippen LogP contribution in [0.2, 0.25) is 0 Å². The number of nitrogens with two attached hydrogens (primary N) is 1. The Labute approximate surface area is 140 Å². The molecule has 120 valence electrons. The van der Waals surface area contributed by atoms with Gasteiger partial charge in [-0.05, 0) is 43.7 Å². The summed E-state index contributed by atoms with van der Waals surface area (Å²) in [5.74, 6) is -0.0882. The van der Waals surface area contributed by atoms with E-state index in [0.717, 1.165) is 11.3 Å². The molecule has 3 N–H and O–H groups in total. The van der Waals surface area contributed by atoms with Crippen molar-refractivity contribution in [2.45, 2.75) is 26.3 Å². The van der Waals surface area contributed by atoms with Crippen molar-refractivity contribution in [2.24, 2.45) is 5.73 Å². The molecule has 1 aromatic carbocycles. The van der Waals surface area contributed by atoms with Crippen LogP contribution in [0.1, 0.15) is 24.1 Å². The highest BCUT2D eigenvalue weighted by molar-refractivity contribution is 7.80. The number of carbonyl (C=O) groups excluding carboxylic acids is 1. The maximum atomic E-state index is 11.9. The second kappa shape index (κ2) is 7.69. The van der Waals surface area contributed by atoms with E-state index in [9.17, 15) is 9.59 Å². The Hall–Kier alpha value is -2.47. The van der Waals surface area contributed by atoms with E-state index in [1.54, 1.807) is 34.9 Å². The summed E-state index contributed by atoms with van der Waals surface area (Å²) in [6, 6.07) is 12.2. The molecule has 0 spiro atoms. The molecule has 2 rings (SSSR count). The summed E-state index contributed by atoms with van der Waals surface area (Å²) in [6.45, 7) is 2.41. The van der Waals surface area contributed by atoms with Gasteiger partial charge in [-0.15, -0.1) is 0 Å². The number of carbonyl (C=O) groups is 1. The highest BCUT2D eigenvalue weighted by Gasteiger charge is 2.05. The first-order valence-electron chi connectivity index (χ1n) is 7.33. The quantitative estimate of drug-likeness (QED) is 0.797. The monoisotopic (exact) mass is 329 g/mol. The number of aromatic nitrogens is 1. The van der Waals surface area contributed by atoms with E-state index in [-0.39, 0.29) is 11.5 Å². The van der Waals surface area contributed by atoms with Crippen molar-refractivity contribution in [3.63, 3.8) is 0 Å². The number of anilines is 1. The lowest BCUT2D eigenvalue weighted by Gasteiger charge is -2.09. The van der Waals surface area contributed by atoms with Gasteiger partial charge in [0.15, 0.2) is 0 Å². The van der Waals surface area contributed by atoms with E-state index < -0.39 is 0 Å². The van der Waals surface area contributed by atoms with Gasteiger partial charge < -0.3 is 15.6 Å². The van der Waals surface area contributed by atoms with Gasteiger partial charge in [0.25, 0.3) is 5.56 Å². The smallest absolute Gasteiger partial charge is 0.250 e. The summed E-state index contributed by atoms with van der Waals surface area (Å²) in [7, 11) is 0. The highest BCUT2D eigenvalue weighted by Crippen LogP contribution is 2.10. The minimum Gasteiger partial charge on any atom is -0.389 e. The zero-order valence-corrected chi connectivity index (χ0v) is 13.7. The number of nitrogens with zero attached hydrogens (tertiary/aromatic N) is 1. The van der Waals surface area contributed by atoms with Crippen LogP contribution in [0.25, 0.3) is 0 Å². The van der Waals surface area contributed by atoms with Crippen LogP contribution >= 0.6 is 12.2 Å². The van der Waals surface area contributed by atoms with Gasteiger partial charge in [0.2, 0.25) is 5.91 Å². The molecule has 0 saturated carbocycles. The van der Waals surface area contributed by atoms with Crippen molar-refractivity contribution in [3.05, 3.63) is 64.1 Å². The van der Waals surface area contributed by atoms with Gasteiger partial charge in [-0.3, -0.25) is 9.59 Å². The third-order valence-corrected chi connectivity index (χ3v) is 3.74. The summed E-state index contributed by atoms with van der Waals surface area (Å²) in [6.07, 6.45) is 0.944. The third-order valence-electron chi connectivity index (χ3n) is 3.51. The summed E-state index contributed by atoms with van der Waals surface area (Å²) >= 11 is 4.88. The summed E-state index contributed by atoms with van der Waals surface area (Å²) in [5, 5.41) is 2.81. The lowest BCUT2D eigenvalue weighted by atomic mass is 10.2. The molecule has 0 saturated heterocycles. The molecule has 0 fully saturated rings. The average molecular weight is 329 g/mol. The number of benzene rings is 1. The van der Waals surface area contributed by atoms with E-state index in [1.165, 1.54) is 6.07 Å². The van der Waals surface area contributed by atoms with Crippen LogP contribution in [0.15, 0.2) is 47.3 Å². The maximum Gasteiger partial charge on any atom is 0.250 e. The van der Waals surface area contributed by atoms with Gasteiger partial charge in [0.1, 0.15) is 4.99 Å². The Morgan fingerprint density at radius 1 is 1.22 bits per heavy atom. The Bertz CT molecular complexity index is 766. The minimum absolute atomic E-state index is 0.0428. The molecule has 6 heteroatoms. The van der Waals surface area contributed by atoms with Gasteiger partial charge in [0, 0.05) is 36.0 Å². The molecule has 0 aliphatic rings. The van der Waals surface area contributed by atoms with Gasteiger partial charge >= 0.3 is 0 Å². The van der Waals surface area contributed by atoms with E-state index in [2.05, 4.69) is 5.32 Å². The molecular formula is C17H19N3O2S. The second-order valence-electron chi connectivity index (χ2n) is 5.25. The van der Waals surface area contributed by atoms with Gasteiger partial charge in [-0.25, -0.2) is 0 Å². The zero-order chi connectivity index (χ0) is 16.8. The van der Waals surface area contributed by atoms with Gasteiger partial charge in [0.05, 0.1) is 0 Å². The number of rotatable bonds is 6. The standard InChI is InChI=1S/C17H19N3O2S/c1-12-4-2-6-16(22)20(12)11-3-5-15(21)19-14-9-7-13(8-10-14)17(18)23/h2,4,6-10H,3,5,11H2,1H3,(H2,18,23)(H,19,21). The Kier molecular flexibility index (Phi) is 5.65. The predicted octanol–water partition coefficient (Wildman–Crippen LogP) is 2.21. The molecule has 1 amide bonds. The fraction of sp³-hybridized carbons (Fsp3) is 0.235. The summed E-state index contributed by atoms with van der Waals surface area (Å²) in [5.41, 5.74) is 7.84. The Morgan fingerprint density at radius 2 is 1.91 bits per heavy atom. The van der Waals surface area contributed by atoms with E-state index in [0.29, 0.717) is 30.1 Å². The fourth-order valence-electron chi connectivity index (χ4n) is 2.25. The van der Waals surface area contributed by atoms with E-state index in [1.807, 2.05) is 13.0 Å². The van der Waals surface area contributed by atoms with Crippen LogP contribution in [-0.2, 0) is 11.3 Å². The molecule has 5 nitrogen and oxygen atoms in total. The first-order chi connectivity index (χ1) is 11.0. The zero-order valence-electron chi connectivity index (χ0n) is 12.9. The molecule has 0 unspecified atom stereocenters. The third kappa shape index (κ3) is 4.75. The Morgan fingerprint density at radius 3 is 2.52 bits per heavy atom. The number of nitrogens with one attached hydrogen (secondary N) is 1. The average Bonchev–Trinajstić information content (AvgIpc) is 2.51. The summed E-state index contributed by atoms with van der Waals surface area (Å²) in [4.78, 5) is 24.0. The van der Waals surface area contributed by atoms with Crippen LogP contribution in [0.3, 0.4) is 0 Å². The van der Waals surface area contributed by atoms with Crippen molar-refractivity contribution in [1.29, 1.82) is 0 Å². The van der Waals surface area contributed by atoms with Crippen LogP contribution < -0.4 is 16.6 Å². The second-order valence-corrected chi connectivity index (χ2v) is 5.69. The highest BCUT2D eigenvalue weighted by atomic mass is 32.1. The van der Waals surface area contributed by atoms with E-state index >= 15 is 0 Å². The van der Waals surface area contributed by atoms with Crippen LogP contribution in [0.4, 0.5) is 5.69 Å². The van der Waals surface area contributed by atoms with Crippen molar-refractivity contribution in [1.82, 2.24) is 4.57 Å². The fourth-order valence-corrected chi connectivity index (χ4v) is 2.39. The Balaban J connectivity index is 1.86. The molecular weight excluding hydrogens is 310 g/mol. The molecule has 0 atom stereocenters. The summed E-state index contributed by atoms with van der Waals surface area (Å²) < 4.78 is 1.67. The molecule has 2 aromatic rings.